The number of carbonyl (C=O) groups is 3. The first-order chi connectivity index (χ1) is 20.4. The van der Waals surface area contributed by atoms with Crippen LogP contribution in [0.2, 0.25) is 0 Å². The molecule has 0 unspecified atom stereocenters. The van der Waals surface area contributed by atoms with Crippen LogP contribution in [0.25, 0.3) is 10.8 Å². The van der Waals surface area contributed by atoms with E-state index in [2.05, 4.69) is 16.7 Å². The zero-order valence-corrected chi connectivity index (χ0v) is 23.5. The summed E-state index contributed by atoms with van der Waals surface area (Å²) in [5.41, 5.74) is 2.64. The smallest absolute Gasteiger partial charge is 0.322 e. The van der Waals surface area contributed by atoms with Crippen molar-refractivity contribution in [1.29, 1.82) is 5.26 Å². The minimum atomic E-state index is -0.822. The highest BCUT2D eigenvalue weighted by atomic mass is 16.2. The molecule has 4 aromatic carbocycles. The second-order valence-corrected chi connectivity index (χ2v) is 10.6. The van der Waals surface area contributed by atoms with Crippen LogP contribution >= 0.6 is 0 Å². The Hall–Kier alpha value is -5.16. The van der Waals surface area contributed by atoms with E-state index in [4.69, 9.17) is 0 Å². The average Bonchev–Trinajstić information content (AvgIpc) is 3.52. The fourth-order valence-corrected chi connectivity index (χ4v) is 5.43. The van der Waals surface area contributed by atoms with E-state index in [9.17, 15) is 19.6 Å². The van der Waals surface area contributed by atoms with Crippen LogP contribution in [-0.2, 0) is 22.6 Å². The van der Waals surface area contributed by atoms with Gasteiger partial charge in [-0.2, -0.15) is 5.26 Å². The SMILES string of the molecule is CN(Cc1ccccc1)C(=O)[C@H](Cc1ccc2ccccc2c1)NC(=O)[C@@H]1CCCN1C(=O)Nc1ccccc1C#N. The molecule has 8 nitrogen and oxygen atoms in total. The van der Waals surface area contributed by atoms with Gasteiger partial charge in [0.25, 0.3) is 0 Å². The summed E-state index contributed by atoms with van der Waals surface area (Å²) in [4.78, 5) is 43.8. The predicted molar refractivity (Wildman–Crippen MR) is 162 cm³/mol. The molecule has 4 amide bonds. The predicted octanol–water partition coefficient (Wildman–Crippen LogP) is 5.09. The second-order valence-electron chi connectivity index (χ2n) is 10.6. The average molecular weight is 560 g/mol. The minimum absolute atomic E-state index is 0.211. The number of carbonyl (C=O) groups excluding carboxylic acids is 3. The number of amides is 4. The van der Waals surface area contributed by atoms with Gasteiger partial charge >= 0.3 is 6.03 Å². The van der Waals surface area contributed by atoms with Gasteiger partial charge in [0.05, 0.1) is 11.3 Å². The molecule has 0 spiro atoms. The Balaban J connectivity index is 1.34. The first kappa shape index (κ1) is 28.4. The van der Waals surface area contributed by atoms with E-state index in [0.29, 0.717) is 43.6 Å². The van der Waals surface area contributed by atoms with E-state index in [1.165, 1.54) is 4.90 Å². The number of benzene rings is 4. The van der Waals surface area contributed by atoms with Gasteiger partial charge < -0.3 is 20.4 Å². The van der Waals surface area contributed by atoms with Gasteiger partial charge in [-0.05, 0) is 46.9 Å². The number of likely N-dealkylation sites (N-methyl/N-ethyl adjacent to an activating group) is 1. The molecule has 0 aromatic heterocycles. The fraction of sp³-hybridized carbons (Fsp3) is 0.235. The Kier molecular flexibility index (Phi) is 8.78. The standard InChI is InChI=1S/C34H33N5O3/c1-38(23-24-10-3-2-4-11-24)33(41)30(21-25-17-18-26-12-5-6-13-27(26)20-25)36-32(40)31-16-9-19-39(31)34(42)37-29-15-8-7-14-28(29)22-35/h2-8,10-15,17-18,20,30-31H,9,16,19,21,23H2,1H3,(H,36,40)(H,37,42)/t30-,31-/m0/s1. The third kappa shape index (κ3) is 6.58. The normalized spacial score (nSPS) is 15.0. The first-order valence-corrected chi connectivity index (χ1v) is 14.1. The summed E-state index contributed by atoms with van der Waals surface area (Å²) < 4.78 is 0. The summed E-state index contributed by atoms with van der Waals surface area (Å²) in [6, 6.07) is 30.6. The molecule has 42 heavy (non-hydrogen) atoms. The van der Waals surface area contributed by atoms with Crippen LogP contribution in [0.15, 0.2) is 97.1 Å². The quantitative estimate of drug-likeness (QED) is 0.314. The number of nitrogens with one attached hydrogen (secondary N) is 2. The lowest BCUT2D eigenvalue weighted by molar-refractivity contribution is -0.136. The van der Waals surface area contributed by atoms with E-state index in [-0.39, 0.29) is 11.8 Å². The van der Waals surface area contributed by atoms with Crippen molar-refractivity contribution in [3.63, 3.8) is 0 Å². The number of rotatable bonds is 8. The van der Waals surface area contributed by atoms with Crippen LogP contribution in [0.1, 0.15) is 29.5 Å². The van der Waals surface area contributed by atoms with Crippen molar-refractivity contribution in [3.8, 4) is 6.07 Å². The van der Waals surface area contributed by atoms with Crippen molar-refractivity contribution in [1.82, 2.24) is 15.1 Å². The second kappa shape index (κ2) is 13.0. The molecule has 0 radical (unpaired) electrons. The van der Waals surface area contributed by atoms with Crippen LogP contribution < -0.4 is 10.6 Å². The summed E-state index contributed by atoms with van der Waals surface area (Å²) in [5, 5.41) is 17.3. The zero-order chi connectivity index (χ0) is 29.5. The molecule has 8 heteroatoms. The summed E-state index contributed by atoms with van der Waals surface area (Å²) in [6.45, 7) is 0.801. The molecule has 1 saturated heterocycles. The van der Waals surface area contributed by atoms with Crippen molar-refractivity contribution >= 4 is 34.3 Å². The number of anilines is 1. The zero-order valence-electron chi connectivity index (χ0n) is 23.5. The molecular formula is C34H33N5O3. The number of para-hydroxylation sites is 1. The Bertz CT molecular complexity index is 1630. The van der Waals surface area contributed by atoms with Crippen LogP contribution in [0.5, 0.6) is 0 Å². The van der Waals surface area contributed by atoms with Gasteiger partial charge in [-0.1, -0.05) is 84.9 Å². The molecule has 1 heterocycles. The molecule has 2 N–H and O–H groups in total. The van der Waals surface area contributed by atoms with Crippen molar-refractivity contribution in [2.75, 3.05) is 18.9 Å². The van der Waals surface area contributed by atoms with Gasteiger partial charge in [0.2, 0.25) is 11.8 Å². The molecule has 1 fully saturated rings. The van der Waals surface area contributed by atoms with Gasteiger partial charge in [-0.15, -0.1) is 0 Å². The number of urea groups is 1. The van der Waals surface area contributed by atoms with E-state index < -0.39 is 18.1 Å². The maximum Gasteiger partial charge on any atom is 0.322 e. The van der Waals surface area contributed by atoms with Crippen molar-refractivity contribution in [2.24, 2.45) is 0 Å². The Morgan fingerprint density at radius 2 is 1.64 bits per heavy atom. The number of hydrogen-bond acceptors (Lipinski definition) is 4. The lowest BCUT2D eigenvalue weighted by Crippen LogP contribution is -2.54. The molecule has 0 aliphatic carbocycles. The highest BCUT2D eigenvalue weighted by Gasteiger charge is 2.36. The Morgan fingerprint density at radius 3 is 2.43 bits per heavy atom. The maximum absolute atomic E-state index is 13.8. The van der Waals surface area contributed by atoms with E-state index in [0.717, 1.165) is 21.9 Å². The molecule has 0 bridgehead atoms. The lowest BCUT2D eigenvalue weighted by atomic mass is 10.00. The van der Waals surface area contributed by atoms with Crippen LogP contribution in [0, 0.1) is 11.3 Å². The molecule has 1 aliphatic heterocycles. The topological polar surface area (TPSA) is 106 Å². The van der Waals surface area contributed by atoms with Crippen LogP contribution in [0.3, 0.4) is 0 Å². The number of nitriles is 1. The molecule has 5 rings (SSSR count). The molecule has 1 aliphatic rings. The highest BCUT2D eigenvalue weighted by Crippen LogP contribution is 2.22. The minimum Gasteiger partial charge on any atom is -0.342 e. The monoisotopic (exact) mass is 559 g/mol. The third-order valence-corrected chi connectivity index (χ3v) is 7.61. The van der Waals surface area contributed by atoms with Gasteiger partial charge in [0.15, 0.2) is 0 Å². The number of fused-ring (bicyclic) bond motifs is 1. The molecule has 0 saturated carbocycles. The van der Waals surface area contributed by atoms with Crippen molar-refractivity contribution < 1.29 is 14.4 Å². The number of hydrogen-bond donors (Lipinski definition) is 2. The van der Waals surface area contributed by atoms with Gasteiger partial charge in [0.1, 0.15) is 18.2 Å². The summed E-state index contributed by atoms with van der Waals surface area (Å²) in [6.07, 6.45) is 1.45. The summed E-state index contributed by atoms with van der Waals surface area (Å²) >= 11 is 0. The van der Waals surface area contributed by atoms with Gasteiger partial charge in [-0.3, -0.25) is 9.59 Å². The molecular weight excluding hydrogens is 526 g/mol. The highest BCUT2D eigenvalue weighted by molar-refractivity contribution is 5.96. The largest absolute Gasteiger partial charge is 0.342 e. The fourth-order valence-electron chi connectivity index (χ4n) is 5.43. The van der Waals surface area contributed by atoms with Crippen LogP contribution in [-0.4, -0.2) is 53.3 Å². The number of nitrogens with zero attached hydrogens (tertiary/aromatic N) is 3. The van der Waals surface area contributed by atoms with Gasteiger partial charge in [-0.25, -0.2) is 4.79 Å². The van der Waals surface area contributed by atoms with Crippen molar-refractivity contribution in [2.45, 2.75) is 37.9 Å². The Labute approximate surface area is 245 Å². The van der Waals surface area contributed by atoms with E-state index in [1.807, 2.05) is 72.8 Å². The van der Waals surface area contributed by atoms with Crippen molar-refractivity contribution in [3.05, 3.63) is 114 Å². The van der Waals surface area contributed by atoms with Crippen LogP contribution in [0.4, 0.5) is 10.5 Å². The Morgan fingerprint density at radius 1 is 0.929 bits per heavy atom. The summed E-state index contributed by atoms with van der Waals surface area (Å²) in [7, 11) is 1.73. The van der Waals surface area contributed by atoms with Gasteiger partial charge in [0, 0.05) is 26.6 Å². The third-order valence-electron chi connectivity index (χ3n) is 7.61. The lowest BCUT2D eigenvalue weighted by Gasteiger charge is -2.29. The molecule has 212 valence electrons. The summed E-state index contributed by atoms with van der Waals surface area (Å²) in [5.74, 6) is -0.583. The number of likely N-dealkylation sites (tertiary alicyclic amines) is 1. The maximum atomic E-state index is 13.8. The van der Waals surface area contributed by atoms with E-state index >= 15 is 0 Å². The first-order valence-electron chi connectivity index (χ1n) is 14.1. The van der Waals surface area contributed by atoms with E-state index in [1.54, 1.807) is 36.2 Å². The molecule has 2 atom stereocenters. The molecule has 4 aromatic rings.